The summed E-state index contributed by atoms with van der Waals surface area (Å²) < 4.78 is 0. The number of hydrogen-bond acceptors (Lipinski definition) is 5. The molecule has 3 rings (SSSR count). The van der Waals surface area contributed by atoms with Crippen molar-refractivity contribution in [1.82, 2.24) is 5.32 Å². The first-order chi connectivity index (χ1) is 10.4. The number of carbonyl (C=O) groups excluding carboxylic acids is 3. The summed E-state index contributed by atoms with van der Waals surface area (Å²) in [7, 11) is 0. The standard InChI is InChI=1S/C13H17N5O3S/c14-10(19)7-4-9(22-12(7)18-13(15)21)17-11(20)6-3-5-1-2-8(6)16-5/h4-6,8,16H,1-3H2,(H2,14,19)(H,17,20)(H3,15,18,21). The molecule has 2 aliphatic rings. The van der Waals surface area contributed by atoms with Gasteiger partial charge in [0.1, 0.15) is 5.00 Å². The predicted octanol–water partition coefficient (Wildman–Crippen LogP) is 0.417. The van der Waals surface area contributed by atoms with Crippen LogP contribution in [0.4, 0.5) is 14.8 Å². The number of nitrogens with two attached hydrogens (primary N) is 2. The molecule has 0 aromatic carbocycles. The van der Waals surface area contributed by atoms with Gasteiger partial charge in [-0.2, -0.15) is 0 Å². The Bertz CT molecular complexity index is 644. The number of nitrogens with one attached hydrogen (secondary N) is 3. The number of primary amides is 2. The van der Waals surface area contributed by atoms with Crippen LogP contribution in [0.15, 0.2) is 6.07 Å². The molecule has 118 valence electrons. The number of fused-ring (bicyclic) bond motifs is 2. The van der Waals surface area contributed by atoms with Gasteiger partial charge in [0.05, 0.1) is 16.5 Å². The first-order valence-electron chi connectivity index (χ1n) is 7.01. The fraction of sp³-hybridized carbons (Fsp3) is 0.462. The van der Waals surface area contributed by atoms with Crippen molar-refractivity contribution in [3.63, 3.8) is 0 Å². The third kappa shape index (κ3) is 2.77. The highest BCUT2D eigenvalue weighted by atomic mass is 32.1. The molecule has 1 aromatic heterocycles. The van der Waals surface area contributed by atoms with Crippen molar-refractivity contribution in [3.8, 4) is 0 Å². The van der Waals surface area contributed by atoms with E-state index in [1.165, 1.54) is 6.07 Å². The quantitative estimate of drug-likeness (QED) is 0.547. The summed E-state index contributed by atoms with van der Waals surface area (Å²) >= 11 is 1.06. The van der Waals surface area contributed by atoms with E-state index in [0.29, 0.717) is 11.0 Å². The third-order valence-electron chi connectivity index (χ3n) is 4.12. The Labute approximate surface area is 130 Å². The topological polar surface area (TPSA) is 139 Å². The molecule has 3 heterocycles. The van der Waals surface area contributed by atoms with Crippen LogP contribution in [0.2, 0.25) is 0 Å². The Kier molecular flexibility index (Phi) is 3.75. The normalized spacial score (nSPS) is 25.9. The van der Waals surface area contributed by atoms with Crippen molar-refractivity contribution in [3.05, 3.63) is 11.6 Å². The minimum absolute atomic E-state index is 0.0644. The van der Waals surface area contributed by atoms with E-state index in [9.17, 15) is 14.4 Å². The smallest absolute Gasteiger partial charge is 0.317 e. The van der Waals surface area contributed by atoms with Crippen molar-refractivity contribution < 1.29 is 14.4 Å². The van der Waals surface area contributed by atoms with Crippen LogP contribution in [0.1, 0.15) is 29.6 Å². The lowest BCUT2D eigenvalue weighted by atomic mass is 9.88. The minimum Gasteiger partial charge on any atom is -0.366 e. The van der Waals surface area contributed by atoms with E-state index >= 15 is 0 Å². The molecular formula is C13H17N5O3S. The van der Waals surface area contributed by atoms with Gasteiger partial charge in [-0.05, 0) is 25.3 Å². The first-order valence-corrected chi connectivity index (χ1v) is 7.82. The maximum absolute atomic E-state index is 12.3. The van der Waals surface area contributed by atoms with E-state index in [-0.39, 0.29) is 28.4 Å². The highest BCUT2D eigenvalue weighted by Crippen LogP contribution is 2.36. The highest BCUT2D eigenvalue weighted by molar-refractivity contribution is 7.20. The van der Waals surface area contributed by atoms with Crippen LogP contribution in [0.3, 0.4) is 0 Å². The van der Waals surface area contributed by atoms with E-state index < -0.39 is 11.9 Å². The van der Waals surface area contributed by atoms with E-state index in [2.05, 4.69) is 16.0 Å². The average molecular weight is 323 g/mol. The number of anilines is 2. The van der Waals surface area contributed by atoms with Crippen molar-refractivity contribution in [2.75, 3.05) is 10.6 Å². The predicted molar refractivity (Wildman–Crippen MR) is 82.7 cm³/mol. The van der Waals surface area contributed by atoms with E-state index in [4.69, 9.17) is 11.5 Å². The second kappa shape index (κ2) is 5.58. The molecule has 2 saturated heterocycles. The van der Waals surface area contributed by atoms with Crippen LogP contribution in [0.5, 0.6) is 0 Å². The lowest BCUT2D eigenvalue weighted by Crippen LogP contribution is -2.32. The summed E-state index contributed by atoms with van der Waals surface area (Å²) in [5.74, 6) is -0.838. The van der Waals surface area contributed by atoms with Gasteiger partial charge in [-0.1, -0.05) is 11.3 Å². The fourth-order valence-corrected chi connectivity index (χ4v) is 4.14. The largest absolute Gasteiger partial charge is 0.366 e. The molecule has 22 heavy (non-hydrogen) atoms. The van der Waals surface area contributed by atoms with Gasteiger partial charge in [0.15, 0.2) is 0 Å². The Balaban J connectivity index is 1.73. The molecule has 3 atom stereocenters. The summed E-state index contributed by atoms with van der Waals surface area (Å²) in [4.78, 5) is 34.7. The molecular weight excluding hydrogens is 306 g/mol. The van der Waals surface area contributed by atoms with Crippen LogP contribution >= 0.6 is 11.3 Å². The molecule has 9 heteroatoms. The maximum Gasteiger partial charge on any atom is 0.317 e. The third-order valence-corrected chi connectivity index (χ3v) is 5.08. The molecule has 0 aliphatic carbocycles. The van der Waals surface area contributed by atoms with E-state index in [1.54, 1.807) is 0 Å². The van der Waals surface area contributed by atoms with Crippen molar-refractivity contribution >= 4 is 39.2 Å². The van der Waals surface area contributed by atoms with Crippen LogP contribution in [-0.4, -0.2) is 29.9 Å². The van der Waals surface area contributed by atoms with Gasteiger partial charge >= 0.3 is 6.03 Å². The van der Waals surface area contributed by atoms with Gasteiger partial charge in [-0.3, -0.25) is 14.9 Å². The number of hydrogen-bond donors (Lipinski definition) is 5. The number of carbonyl (C=O) groups is 3. The number of amides is 4. The minimum atomic E-state index is -0.792. The Morgan fingerprint density at radius 1 is 1.23 bits per heavy atom. The summed E-state index contributed by atoms with van der Waals surface area (Å²) in [6, 6.07) is 1.32. The van der Waals surface area contributed by atoms with Gasteiger partial charge in [0, 0.05) is 12.1 Å². The van der Waals surface area contributed by atoms with Gasteiger partial charge in [0.2, 0.25) is 5.91 Å². The lowest BCUT2D eigenvalue weighted by Gasteiger charge is -2.18. The molecule has 2 fully saturated rings. The Morgan fingerprint density at radius 2 is 2.00 bits per heavy atom. The molecule has 1 aromatic rings. The SMILES string of the molecule is NC(=O)Nc1sc(NC(=O)C2CC3CCC2N3)cc1C(N)=O. The van der Waals surface area contributed by atoms with Gasteiger partial charge < -0.3 is 22.1 Å². The van der Waals surface area contributed by atoms with Crippen LogP contribution in [0, 0.1) is 5.92 Å². The summed E-state index contributed by atoms with van der Waals surface area (Å²) in [5.41, 5.74) is 10.4. The van der Waals surface area contributed by atoms with Crippen LogP contribution in [0.25, 0.3) is 0 Å². The van der Waals surface area contributed by atoms with Crippen LogP contribution in [-0.2, 0) is 4.79 Å². The van der Waals surface area contributed by atoms with Gasteiger partial charge in [-0.25, -0.2) is 4.79 Å². The molecule has 2 bridgehead atoms. The molecule has 2 aliphatic heterocycles. The molecule has 4 amide bonds. The zero-order chi connectivity index (χ0) is 15.9. The molecule has 3 unspecified atom stereocenters. The molecule has 7 N–H and O–H groups in total. The summed E-state index contributed by atoms with van der Waals surface area (Å²) in [6.45, 7) is 0. The summed E-state index contributed by atoms with van der Waals surface area (Å²) in [5, 5.41) is 9.24. The second-order valence-corrected chi connectivity index (χ2v) is 6.64. The molecule has 0 spiro atoms. The molecule has 8 nitrogen and oxygen atoms in total. The highest BCUT2D eigenvalue weighted by Gasteiger charge is 2.42. The number of rotatable bonds is 4. The van der Waals surface area contributed by atoms with E-state index in [0.717, 1.165) is 30.6 Å². The second-order valence-electron chi connectivity index (χ2n) is 5.59. The maximum atomic E-state index is 12.3. The summed E-state index contributed by atoms with van der Waals surface area (Å²) in [6.07, 6.45) is 2.96. The van der Waals surface area contributed by atoms with Crippen LogP contribution < -0.4 is 27.4 Å². The van der Waals surface area contributed by atoms with Crippen molar-refractivity contribution in [1.29, 1.82) is 0 Å². The van der Waals surface area contributed by atoms with Gasteiger partial charge in [0.25, 0.3) is 5.91 Å². The average Bonchev–Trinajstić information content (AvgIpc) is 3.12. The van der Waals surface area contributed by atoms with Crippen molar-refractivity contribution in [2.45, 2.75) is 31.3 Å². The zero-order valence-electron chi connectivity index (χ0n) is 11.7. The Hall–Kier alpha value is -2.13. The lowest BCUT2D eigenvalue weighted by molar-refractivity contribution is -0.120. The zero-order valence-corrected chi connectivity index (χ0v) is 12.5. The molecule has 0 saturated carbocycles. The van der Waals surface area contributed by atoms with E-state index in [1.807, 2.05) is 0 Å². The fourth-order valence-electron chi connectivity index (χ4n) is 3.17. The molecule has 0 radical (unpaired) electrons. The number of thiophene rings is 1. The first kappa shape index (κ1) is 14.8. The monoisotopic (exact) mass is 323 g/mol. The Morgan fingerprint density at radius 3 is 2.55 bits per heavy atom. The number of urea groups is 1. The van der Waals surface area contributed by atoms with Gasteiger partial charge in [-0.15, -0.1) is 0 Å². The van der Waals surface area contributed by atoms with Crippen molar-refractivity contribution in [2.24, 2.45) is 17.4 Å².